The van der Waals surface area contributed by atoms with Crippen molar-refractivity contribution >= 4 is 45.6 Å². The second-order valence-electron chi connectivity index (χ2n) is 7.12. The van der Waals surface area contributed by atoms with Gasteiger partial charge in [0.15, 0.2) is 5.96 Å². The van der Waals surface area contributed by atoms with Gasteiger partial charge < -0.3 is 15.4 Å². The summed E-state index contributed by atoms with van der Waals surface area (Å²) in [5.41, 5.74) is 2.62. The van der Waals surface area contributed by atoms with Crippen molar-refractivity contribution < 1.29 is 13.2 Å². The van der Waals surface area contributed by atoms with E-state index in [2.05, 4.69) is 39.4 Å². The highest BCUT2D eigenvalue weighted by atomic mass is 127. The van der Waals surface area contributed by atoms with Crippen molar-refractivity contribution in [3.8, 4) is 5.75 Å². The molecule has 0 spiro atoms. The number of benzene rings is 2. The van der Waals surface area contributed by atoms with E-state index >= 15 is 0 Å². The van der Waals surface area contributed by atoms with Crippen LogP contribution >= 0.6 is 24.0 Å². The summed E-state index contributed by atoms with van der Waals surface area (Å²) in [6, 6.07) is 15.4. The zero-order valence-electron chi connectivity index (χ0n) is 18.5. The molecule has 172 valence electrons. The summed E-state index contributed by atoms with van der Waals surface area (Å²) >= 11 is 0. The van der Waals surface area contributed by atoms with Crippen molar-refractivity contribution in [1.82, 2.24) is 10.6 Å². The van der Waals surface area contributed by atoms with Gasteiger partial charge in [0.25, 0.3) is 0 Å². The number of sulfonamides is 1. The molecule has 0 saturated heterocycles. The Hall–Kier alpha value is -2.01. The van der Waals surface area contributed by atoms with Crippen LogP contribution in [0.3, 0.4) is 0 Å². The van der Waals surface area contributed by atoms with Crippen molar-refractivity contribution in [3.05, 3.63) is 59.7 Å². The smallest absolute Gasteiger partial charge is 0.229 e. The molecule has 2 aromatic rings. The average Bonchev–Trinajstić information content (AvgIpc) is 2.71. The zero-order valence-corrected chi connectivity index (χ0v) is 21.7. The van der Waals surface area contributed by atoms with E-state index in [1.165, 1.54) is 5.56 Å². The van der Waals surface area contributed by atoms with Crippen molar-refractivity contribution in [3.63, 3.8) is 0 Å². The van der Waals surface area contributed by atoms with Crippen molar-refractivity contribution in [2.75, 3.05) is 31.2 Å². The molecular weight excluding hydrogens is 527 g/mol. The number of halogens is 1. The third-order valence-corrected chi connectivity index (χ3v) is 5.21. The van der Waals surface area contributed by atoms with Crippen LogP contribution in [0.25, 0.3) is 0 Å². The van der Waals surface area contributed by atoms with E-state index in [1.807, 2.05) is 31.2 Å². The summed E-state index contributed by atoms with van der Waals surface area (Å²) in [7, 11) is -1.67. The Labute approximate surface area is 203 Å². The molecule has 0 aliphatic heterocycles. The molecule has 0 radical (unpaired) electrons. The first-order valence-corrected chi connectivity index (χ1v) is 11.9. The van der Waals surface area contributed by atoms with Gasteiger partial charge in [0.2, 0.25) is 10.0 Å². The molecule has 0 heterocycles. The predicted octanol–water partition coefficient (Wildman–Crippen LogP) is 3.93. The Kier molecular flexibility index (Phi) is 11.7. The lowest BCUT2D eigenvalue weighted by Gasteiger charge is -2.16. The number of nitrogens with zero attached hydrogens (tertiary/aromatic N) is 1. The lowest BCUT2D eigenvalue weighted by atomic mass is 9.98. The number of hydrogen-bond donors (Lipinski definition) is 3. The fraction of sp³-hybridized carbons (Fsp3) is 0.409. The average molecular weight is 561 g/mol. The Bertz CT molecular complexity index is 934. The molecule has 0 fully saturated rings. The predicted molar refractivity (Wildman–Crippen MR) is 139 cm³/mol. The summed E-state index contributed by atoms with van der Waals surface area (Å²) in [4.78, 5) is 4.61. The number of methoxy groups -OCH3 is 1. The lowest BCUT2D eigenvalue weighted by molar-refractivity contribution is 0.414. The van der Waals surface area contributed by atoms with E-state index in [1.54, 1.807) is 19.2 Å². The molecule has 1 atom stereocenters. The molecule has 7 nitrogen and oxygen atoms in total. The molecule has 0 aliphatic carbocycles. The molecule has 0 aromatic heterocycles. The third-order valence-electron chi connectivity index (χ3n) is 4.62. The largest absolute Gasteiger partial charge is 0.497 e. The standard InChI is InChI=1S/C22H32N4O3S.HI/c1-5-23-22(24-15-14-17(2)18-10-12-20(29-3)13-11-18)25-16-19-8-6-7-9-21(19)26-30(4,27)28;/h6-13,17,26H,5,14-16H2,1-4H3,(H2,23,24,25);1H. The van der Waals surface area contributed by atoms with E-state index in [9.17, 15) is 8.42 Å². The van der Waals surface area contributed by atoms with Crippen LogP contribution in [0.4, 0.5) is 5.69 Å². The first-order chi connectivity index (χ1) is 14.3. The van der Waals surface area contributed by atoms with Crippen LogP contribution in [-0.2, 0) is 16.6 Å². The highest BCUT2D eigenvalue weighted by Crippen LogP contribution is 2.21. The summed E-state index contributed by atoms with van der Waals surface area (Å²) in [6.07, 6.45) is 2.09. The zero-order chi connectivity index (χ0) is 22.0. The lowest BCUT2D eigenvalue weighted by Crippen LogP contribution is -2.38. The molecule has 0 saturated carbocycles. The van der Waals surface area contributed by atoms with E-state index in [4.69, 9.17) is 4.74 Å². The van der Waals surface area contributed by atoms with Gasteiger partial charge in [0.05, 0.1) is 25.6 Å². The van der Waals surface area contributed by atoms with Crippen molar-refractivity contribution in [1.29, 1.82) is 0 Å². The van der Waals surface area contributed by atoms with E-state index < -0.39 is 10.0 Å². The van der Waals surface area contributed by atoms with Gasteiger partial charge in [0.1, 0.15) is 5.75 Å². The molecule has 1 unspecified atom stereocenters. The van der Waals surface area contributed by atoms with Gasteiger partial charge in [-0.2, -0.15) is 0 Å². The number of hydrogen-bond acceptors (Lipinski definition) is 4. The van der Waals surface area contributed by atoms with Gasteiger partial charge in [-0.25, -0.2) is 13.4 Å². The summed E-state index contributed by atoms with van der Waals surface area (Å²) in [6.45, 7) is 6.07. The molecule has 3 N–H and O–H groups in total. The second kappa shape index (κ2) is 13.4. The van der Waals surface area contributed by atoms with Gasteiger partial charge in [-0.05, 0) is 48.6 Å². The number of guanidine groups is 1. The van der Waals surface area contributed by atoms with Crippen LogP contribution in [0.15, 0.2) is 53.5 Å². The summed E-state index contributed by atoms with van der Waals surface area (Å²) in [5.74, 6) is 1.95. The van der Waals surface area contributed by atoms with Crippen molar-refractivity contribution in [2.45, 2.75) is 32.7 Å². The number of rotatable bonds is 10. The first-order valence-electron chi connectivity index (χ1n) is 10.0. The molecular formula is C22H33IN4O3S. The van der Waals surface area contributed by atoms with Crippen LogP contribution in [0.5, 0.6) is 5.75 Å². The molecule has 2 rings (SSSR count). The number of ether oxygens (including phenoxy) is 1. The first kappa shape index (κ1) is 27.0. The molecule has 0 aliphatic rings. The molecule has 31 heavy (non-hydrogen) atoms. The SMILES string of the molecule is CCNC(=NCc1ccccc1NS(C)(=O)=O)NCCC(C)c1ccc(OC)cc1.I. The highest BCUT2D eigenvalue weighted by molar-refractivity contribution is 14.0. The Morgan fingerprint density at radius 1 is 1.10 bits per heavy atom. The Balaban J connectivity index is 0.00000480. The maximum atomic E-state index is 11.6. The van der Waals surface area contributed by atoms with E-state index in [0.29, 0.717) is 24.1 Å². The summed E-state index contributed by atoms with van der Waals surface area (Å²) in [5, 5.41) is 6.59. The number of nitrogens with one attached hydrogen (secondary N) is 3. The van der Waals surface area contributed by atoms with Gasteiger partial charge in [-0.3, -0.25) is 4.72 Å². The van der Waals surface area contributed by atoms with Crippen LogP contribution < -0.4 is 20.1 Å². The number of aliphatic imine (C=N–C) groups is 1. The quantitative estimate of drug-likeness (QED) is 0.233. The minimum atomic E-state index is -3.34. The summed E-state index contributed by atoms with van der Waals surface area (Å²) < 4.78 is 30.9. The van der Waals surface area contributed by atoms with E-state index in [-0.39, 0.29) is 24.0 Å². The normalized spacial score (nSPS) is 12.5. The maximum absolute atomic E-state index is 11.6. The second-order valence-corrected chi connectivity index (χ2v) is 8.86. The monoisotopic (exact) mass is 560 g/mol. The van der Waals surface area contributed by atoms with Gasteiger partial charge in [-0.1, -0.05) is 37.3 Å². The van der Waals surface area contributed by atoms with Crippen LogP contribution in [0.1, 0.15) is 37.3 Å². The minimum Gasteiger partial charge on any atom is -0.497 e. The topological polar surface area (TPSA) is 91.8 Å². The Morgan fingerprint density at radius 3 is 2.39 bits per heavy atom. The fourth-order valence-electron chi connectivity index (χ4n) is 2.97. The number of para-hydroxylation sites is 1. The number of anilines is 1. The van der Waals surface area contributed by atoms with E-state index in [0.717, 1.165) is 37.1 Å². The molecule has 9 heteroatoms. The maximum Gasteiger partial charge on any atom is 0.229 e. The molecule has 0 amide bonds. The van der Waals surface area contributed by atoms with Crippen LogP contribution in [-0.4, -0.2) is 40.8 Å². The minimum absolute atomic E-state index is 0. The van der Waals surface area contributed by atoms with Gasteiger partial charge in [-0.15, -0.1) is 24.0 Å². The van der Waals surface area contributed by atoms with Crippen LogP contribution in [0, 0.1) is 0 Å². The molecule has 2 aromatic carbocycles. The third kappa shape index (κ3) is 9.77. The van der Waals surface area contributed by atoms with Gasteiger partial charge >= 0.3 is 0 Å². The van der Waals surface area contributed by atoms with Crippen molar-refractivity contribution in [2.24, 2.45) is 4.99 Å². The highest BCUT2D eigenvalue weighted by Gasteiger charge is 2.08. The van der Waals surface area contributed by atoms with Crippen LogP contribution in [0.2, 0.25) is 0 Å². The Morgan fingerprint density at radius 2 is 1.77 bits per heavy atom. The molecule has 0 bridgehead atoms. The van der Waals surface area contributed by atoms with Gasteiger partial charge in [0, 0.05) is 13.1 Å². The fourth-order valence-corrected chi connectivity index (χ4v) is 3.57.